The molecule has 0 atom stereocenters. The molecule has 1 N–H and O–H groups in total. The highest BCUT2D eigenvalue weighted by Crippen LogP contribution is 2.34. The van der Waals surface area contributed by atoms with Gasteiger partial charge in [-0.1, -0.05) is 17.7 Å². The summed E-state index contributed by atoms with van der Waals surface area (Å²) in [5.41, 5.74) is 1.53. The van der Waals surface area contributed by atoms with Crippen LogP contribution in [0.1, 0.15) is 19.4 Å². The van der Waals surface area contributed by atoms with Gasteiger partial charge in [-0.2, -0.15) is 0 Å². The van der Waals surface area contributed by atoms with Crippen LogP contribution in [0.4, 0.5) is 5.69 Å². The molecule has 1 aliphatic heterocycles. The van der Waals surface area contributed by atoms with Gasteiger partial charge < -0.3 is 15.1 Å². The van der Waals surface area contributed by atoms with Gasteiger partial charge in [0, 0.05) is 43.0 Å². The molecule has 110 valence electrons. The fraction of sp³-hybridized carbons (Fsp3) is 0.533. The molecule has 1 heterocycles. The first-order valence-electron chi connectivity index (χ1n) is 6.84. The van der Waals surface area contributed by atoms with Crippen molar-refractivity contribution in [2.24, 2.45) is 0 Å². The van der Waals surface area contributed by atoms with Gasteiger partial charge in [0.15, 0.2) is 0 Å². The number of piperazine rings is 1. The molecule has 1 fully saturated rings. The highest BCUT2D eigenvalue weighted by molar-refractivity contribution is 6.31. The molecule has 1 aliphatic rings. The molecule has 0 aliphatic carbocycles. The van der Waals surface area contributed by atoms with E-state index in [-0.39, 0.29) is 5.91 Å². The Morgan fingerprint density at radius 1 is 1.35 bits per heavy atom. The third-order valence-corrected chi connectivity index (χ3v) is 4.30. The van der Waals surface area contributed by atoms with Crippen molar-refractivity contribution in [3.8, 4) is 0 Å². The Balaban J connectivity index is 2.46. The summed E-state index contributed by atoms with van der Waals surface area (Å²) in [5.74, 6) is 0.138. The molecule has 0 unspecified atom stereocenters. The van der Waals surface area contributed by atoms with Crippen LogP contribution in [0.15, 0.2) is 18.2 Å². The monoisotopic (exact) mass is 295 g/mol. The summed E-state index contributed by atoms with van der Waals surface area (Å²) in [4.78, 5) is 16.4. The van der Waals surface area contributed by atoms with Crippen molar-refractivity contribution in [1.82, 2.24) is 10.2 Å². The molecule has 1 aromatic carbocycles. The molecule has 0 radical (unpaired) electrons. The molecule has 0 spiro atoms. The minimum Gasteiger partial charge on any atom is -0.355 e. The van der Waals surface area contributed by atoms with E-state index >= 15 is 0 Å². The molecule has 0 saturated carbocycles. The molecule has 5 heteroatoms. The fourth-order valence-electron chi connectivity index (χ4n) is 2.79. The van der Waals surface area contributed by atoms with E-state index in [0.717, 1.165) is 29.4 Å². The highest BCUT2D eigenvalue weighted by atomic mass is 35.5. The third-order valence-electron chi connectivity index (χ3n) is 3.94. The smallest absolute Gasteiger partial charge is 0.247 e. The second-order valence-corrected chi connectivity index (χ2v) is 6.11. The van der Waals surface area contributed by atoms with E-state index in [0.29, 0.717) is 6.54 Å². The van der Waals surface area contributed by atoms with Gasteiger partial charge in [0.25, 0.3) is 0 Å². The summed E-state index contributed by atoms with van der Waals surface area (Å²) in [6.07, 6.45) is 0. The summed E-state index contributed by atoms with van der Waals surface area (Å²) in [7, 11) is 3.75. The van der Waals surface area contributed by atoms with Crippen molar-refractivity contribution in [2.75, 3.05) is 32.1 Å². The molecule has 0 bridgehead atoms. The van der Waals surface area contributed by atoms with Gasteiger partial charge in [-0.25, -0.2) is 0 Å². The second-order valence-electron chi connectivity index (χ2n) is 5.71. The first-order valence-corrected chi connectivity index (χ1v) is 7.22. The van der Waals surface area contributed by atoms with Gasteiger partial charge in [0.2, 0.25) is 5.91 Å². The fourth-order valence-corrected chi connectivity index (χ4v) is 3.02. The van der Waals surface area contributed by atoms with Gasteiger partial charge in [-0.05, 0) is 33.0 Å². The molecule has 1 saturated heterocycles. The summed E-state index contributed by atoms with van der Waals surface area (Å²) >= 11 is 6.32. The average Bonchev–Trinajstić information content (AvgIpc) is 2.39. The zero-order chi connectivity index (χ0) is 14.9. The number of carbonyl (C=O) groups is 1. The van der Waals surface area contributed by atoms with Crippen LogP contribution in [0.3, 0.4) is 0 Å². The Labute approximate surface area is 125 Å². The minimum absolute atomic E-state index is 0.138. The molecule has 1 aromatic rings. The molecular formula is C15H22ClN3O. The maximum Gasteiger partial charge on any atom is 0.247 e. The summed E-state index contributed by atoms with van der Waals surface area (Å²) in [6, 6.07) is 5.87. The van der Waals surface area contributed by atoms with Crippen LogP contribution in [0.25, 0.3) is 0 Å². The number of rotatable bonds is 3. The summed E-state index contributed by atoms with van der Waals surface area (Å²) < 4.78 is 0. The highest BCUT2D eigenvalue weighted by Gasteiger charge is 2.41. The van der Waals surface area contributed by atoms with Crippen LogP contribution in [0.5, 0.6) is 0 Å². The summed E-state index contributed by atoms with van der Waals surface area (Å²) in [5, 5.41) is 3.88. The molecule has 0 aromatic heterocycles. The van der Waals surface area contributed by atoms with Gasteiger partial charge >= 0.3 is 0 Å². The van der Waals surface area contributed by atoms with Gasteiger partial charge in [-0.3, -0.25) is 4.79 Å². The second kappa shape index (κ2) is 5.62. The maximum atomic E-state index is 12.4. The quantitative estimate of drug-likeness (QED) is 0.928. The number of nitrogens with zero attached hydrogens (tertiary/aromatic N) is 2. The minimum atomic E-state index is -0.555. The number of benzene rings is 1. The van der Waals surface area contributed by atoms with Crippen molar-refractivity contribution < 1.29 is 4.79 Å². The number of halogens is 1. The molecule has 4 nitrogen and oxygen atoms in total. The van der Waals surface area contributed by atoms with Gasteiger partial charge in [0.05, 0.1) is 0 Å². The van der Waals surface area contributed by atoms with Crippen molar-refractivity contribution >= 4 is 23.2 Å². The third kappa shape index (κ3) is 2.50. The largest absolute Gasteiger partial charge is 0.355 e. The lowest BCUT2D eigenvalue weighted by molar-refractivity contribution is -0.136. The number of carbonyl (C=O) groups excluding carboxylic acids is 1. The first kappa shape index (κ1) is 15.1. The van der Waals surface area contributed by atoms with Crippen LogP contribution in [0.2, 0.25) is 5.02 Å². The Morgan fingerprint density at radius 2 is 2.05 bits per heavy atom. The van der Waals surface area contributed by atoms with Gasteiger partial charge in [0.1, 0.15) is 5.54 Å². The number of hydrogen-bond acceptors (Lipinski definition) is 3. The van der Waals surface area contributed by atoms with Crippen molar-refractivity contribution in [1.29, 1.82) is 0 Å². The first-order chi connectivity index (χ1) is 9.39. The van der Waals surface area contributed by atoms with Crippen molar-refractivity contribution in [2.45, 2.75) is 25.9 Å². The van der Waals surface area contributed by atoms with E-state index in [4.69, 9.17) is 11.6 Å². The Bertz CT molecular complexity index is 516. The zero-order valence-electron chi connectivity index (χ0n) is 12.5. The number of amides is 1. The molecular weight excluding hydrogens is 274 g/mol. The predicted molar refractivity (Wildman–Crippen MR) is 83.3 cm³/mol. The maximum absolute atomic E-state index is 12.4. The Morgan fingerprint density at radius 3 is 2.70 bits per heavy atom. The average molecular weight is 296 g/mol. The standard InChI is InChI=1S/C15H22ClN3O/c1-15(2)14(20)18(4)8-9-19(15)13-7-5-6-12(16)11(13)10-17-3/h5-7,17H,8-10H2,1-4H3. The number of likely N-dealkylation sites (N-methyl/N-ethyl adjacent to an activating group) is 1. The lowest BCUT2D eigenvalue weighted by Gasteiger charge is -2.46. The summed E-state index contributed by atoms with van der Waals surface area (Å²) in [6.45, 7) is 6.16. The van der Waals surface area contributed by atoms with E-state index in [1.807, 2.05) is 46.1 Å². The lowest BCUT2D eigenvalue weighted by Crippen LogP contribution is -2.62. The Hall–Kier alpha value is -1.26. The molecule has 2 rings (SSSR count). The lowest BCUT2D eigenvalue weighted by atomic mass is 9.95. The predicted octanol–water partition coefficient (Wildman–Crippen LogP) is 2.12. The SMILES string of the molecule is CNCc1c(Cl)cccc1N1CCN(C)C(=O)C1(C)C. The van der Waals surface area contributed by atoms with E-state index in [1.54, 1.807) is 4.90 Å². The zero-order valence-corrected chi connectivity index (χ0v) is 13.3. The number of hydrogen-bond donors (Lipinski definition) is 1. The van der Waals surface area contributed by atoms with Crippen LogP contribution in [-0.4, -0.2) is 43.5 Å². The normalized spacial score (nSPS) is 18.6. The van der Waals surface area contributed by atoms with Crippen LogP contribution < -0.4 is 10.2 Å². The topological polar surface area (TPSA) is 35.6 Å². The van der Waals surface area contributed by atoms with Gasteiger partial charge in [-0.15, -0.1) is 0 Å². The number of nitrogens with one attached hydrogen (secondary N) is 1. The van der Waals surface area contributed by atoms with E-state index in [2.05, 4.69) is 10.2 Å². The van der Waals surface area contributed by atoms with Crippen molar-refractivity contribution in [3.63, 3.8) is 0 Å². The van der Waals surface area contributed by atoms with Crippen molar-refractivity contribution in [3.05, 3.63) is 28.8 Å². The van der Waals surface area contributed by atoms with E-state index in [9.17, 15) is 4.79 Å². The van der Waals surface area contributed by atoms with E-state index < -0.39 is 5.54 Å². The molecule has 20 heavy (non-hydrogen) atoms. The van der Waals surface area contributed by atoms with Crippen LogP contribution >= 0.6 is 11.6 Å². The molecule has 1 amide bonds. The van der Waals surface area contributed by atoms with Crippen LogP contribution in [-0.2, 0) is 11.3 Å². The van der Waals surface area contributed by atoms with E-state index in [1.165, 1.54) is 0 Å². The Kier molecular flexibility index (Phi) is 4.25. The number of anilines is 1. The van der Waals surface area contributed by atoms with Crippen LogP contribution in [0, 0.1) is 0 Å².